The van der Waals surface area contributed by atoms with Gasteiger partial charge in [-0.1, -0.05) is 23.9 Å². The molecule has 5 heterocycles. The highest BCUT2D eigenvalue weighted by Crippen LogP contribution is 2.40. The molecule has 0 saturated heterocycles. The molecular formula is C23H21N5O2S3. The van der Waals surface area contributed by atoms with E-state index in [2.05, 4.69) is 32.3 Å². The summed E-state index contributed by atoms with van der Waals surface area (Å²) in [6, 6.07) is 12.2. The molecule has 0 unspecified atom stereocenters. The van der Waals surface area contributed by atoms with Gasteiger partial charge >= 0.3 is 0 Å². The number of carbonyl (C=O) groups excluding carboxylic acids is 1. The quantitative estimate of drug-likeness (QED) is 0.306. The summed E-state index contributed by atoms with van der Waals surface area (Å²) in [5.74, 6) is 1.92. The van der Waals surface area contributed by atoms with E-state index in [4.69, 9.17) is 9.52 Å². The Labute approximate surface area is 203 Å². The molecule has 0 aromatic carbocycles. The number of nitrogens with zero attached hydrogens (tertiary/aromatic N) is 5. The maximum absolute atomic E-state index is 13.3. The molecule has 7 nitrogen and oxygen atoms in total. The summed E-state index contributed by atoms with van der Waals surface area (Å²) in [6.07, 6.45) is 5.34. The molecule has 4 aromatic rings. The van der Waals surface area contributed by atoms with Gasteiger partial charge in [-0.3, -0.25) is 4.79 Å². The fourth-order valence-electron chi connectivity index (χ4n) is 4.02. The van der Waals surface area contributed by atoms with Crippen LogP contribution in [-0.2, 0) is 11.2 Å². The van der Waals surface area contributed by atoms with Gasteiger partial charge in [0.15, 0.2) is 5.16 Å². The summed E-state index contributed by atoms with van der Waals surface area (Å²) in [7, 11) is 0. The number of hydrogen-bond donors (Lipinski definition) is 0. The molecule has 10 heteroatoms. The highest BCUT2D eigenvalue weighted by Gasteiger charge is 2.36. The Morgan fingerprint density at radius 3 is 2.73 bits per heavy atom. The average molecular weight is 496 g/mol. The summed E-state index contributed by atoms with van der Waals surface area (Å²) < 4.78 is 7.87. The van der Waals surface area contributed by atoms with Crippen LogP contribution >= 0.6 is 34.4 Å². The van der Waals surface area contributed by atoms with Crippen LogP contribution in [-0.4, -0.2) is 37.1 Å². The van der Waals surface area contributed by atoms with Crippen molar-refractivity contribution in [1.29, 1.82) is 0 Å². The number of carbonyl (C=O) groups is 1. The van der Waals surface area contributed by atoms with Crippen molar-refractivity contribution in [3.8, 4) is 0 Å². The van der Waals surface area contributed by atoms with Crippen molar-refractivity contribution in [2.24, 2.45) is 5.10 Å². The first-order valence-corrected chi connectivity index (χ1v) is 13.6. The Balaban J connectivity index is 1.20. The van der Waals surface area contributed by atoms with Crippen LogP contribution in [0.2, 0.25) is 0 Å². The van der Waals surface area contributed by atoms with E-state index >= 15 is 0 Å². The molecule has 4 aromatic heterocycles. The molecule has 1 fully saturated rings. The summed E-state index contributed by atoms with van der Waals surface area (Å²) in [5.41, 5.74) is 0.920. The number of thioether (sulfide) groups is 1. The lowest BCUT2D eigenvalue weighted by Gasteiger charge is -2.19. The lowest BCUT2D eigenvalue weighted by Crippen LogP contribution is -2.28. The van der Waals surface area contributed by atoms with Crippen LogP contribution < -0.4 is 0 Å². The molecule has 2 aliphatic rings. The third-order valence-electron chi connectivity index (χ3n) is 5.73. The second kappa shape index (κ2) is 8.92. The number of rotatable bonds is 8. The normalized spacial score (nSPS) is 18.1. The fraction of sp³-hybridized carbons (Fsp3) is 0.304. The minimum Gasteiger partial charge on any atom is -0.467 e. The second-order valence-corrected chi connectivity index (χ2v) is 11.0. The number of aromatic nitrogens is 3. The van der Waals surface area contributed by atoms with Gasteiger partial charge in [0.2, 0.25) is 0 Å². The molecular weight excluding hydrogens is 474 g/mol. The van der Waals surface area contributed by atoms with E-state index in [-0.39, 0.29) is 17.7 Å². The van der Waals surface area contributed by atoms with Crippen molar-refractivity contribution in [2.75, 3.05) is 5.75 Å². The van der Waals surface area contributed by atoms with Gasteiger partial charge in [0.1, 0.15) is 17.6 Å². The summed E-state index contributed by atoms with van der Waals surface area (Å²) in [6.45, 7) is 0. The Kier molecular flexibility index (Phi) is 5.65. The minimum absolute atomic E-state index is 0.0573. The third-order valence-corrected chi connectivity index (χ3v) is 8.45. The van der Waals surface area contributed by atoms with Crippen LogP contribution in [0.25, 0.3) is 0 Å². The lowest BCUT2D eigenvalue weighted by molar-refractivity contribution is -0.130. The molecule has 1 aliphatic carbocycles. The SMILES string of the molecule is O=C(CSc1nnc(Cc2cccs2)n1C1CC1)N1N=C(c2cccs2)C[C@@H]1c1ccco1. The molecule has 1 saturated carbocycles. The van der Waals surface area contributed by atoms with Gasteiger partial charge in [-0.15, -0.1) is 32.9 Å². The van der Waals surface area contributed by atoms with Crippen LogP contribution in [0.5, 0.6) is 0 Å². The van der Waals surface area contributed by atoms with Gasteiger partial charge in [0.25, 0.3) is 5.91 Å². The molecule has 0 spiro atoms. The standard InChI is InChI=1S/C23H21N5O2S3/c29-22(28-18(19-5-1-9-30-19)13-17(26-28)20-6-3-11-32-20)14-33-23-25-24-21(27(23)15-7-8-15)12-16-4-2-10-31-16/h1-6,9-11,15,18H,7-8,12-14H2/t18-/m1/s1. The van der Waals surface area contributed by atoms with Crippen molar-refractivity contribution in [2.45, 2.75) is 42.9 Å². The number of furan rings is 1. The van der Waals surface area contributed by atoms with E-state index in [1.165, 1.54) is 16.6 Å². The number of amides is 1. The number of hydrazone groups is 1. The monoisotopic (exact) mass is 495 g/mol. The Morgan fingerprint density at radius 1 is 1.12 bits per heavy atom. The predicted octanol–water partition coefficient (Wildman–Crippen LogP) is 5.39. The zero-order valence-electron chi connectivity index (χ0n) is 17.7. The van der Waals surface area contributed by atoms with Crippen LogP contribution in [0.15, 0.2) is 68.1 Å². The smallest absolute Gasteiger partial charge is 0.253 e. The van der Waals surface area contributed by atoms with Gasteiger partial charge in [-0.05, 0) is 47.9 Å². The van der Waals surface area contributed by atoms with Crippen molar-refractivity contribution < 1.29 is 9.21 Å². The van der Waals surface area contributed by atoms with Gasteiger partial charge in [-0.2, -0.15) is 5.10 Å². The Morgan fingerprint density at radius 2 is 2.00 bits per heavy atom. The molecule has 6 rings (SSSR count). The van der Waals surface area contributed by atoms with E-state index in [1.807, 2.05) is 29.6 Å². The van der Waals surface area contributed by atoms with E-state index in [0.29, 0.717) is 12.5 Å². The summed E-state index contributed by atoms with van der Waals surface area (Å²) in [5, 5.41) is 20.1. The first kappa shape index (κ1) is 20.9. The summed E-state index contributed by atoms with van der Waals surface area (Å²) >= 11 is 4.81. The fourth-order valence-corrected chi connectivity index (χ4v) is 6.32. The van der Waals surface area contributed by atoms with Crippen molar-refractivity contribution in [1.82, 2.24) is 19.8 Å². The molecule has 1 aliphatic heterocycles. The molecule has 33 heavy (non-hydrogen) atoms. The number of thiophene rings is 2. The zero-order chi connectivity index (χ0) is 22.2. The van der Waals surface area contributed by atoms with E-state index in [0.717, 1.165) is 46.6 Å². The zero-order valence-corrected chi connectivity index (χ0v) is 20.1. The second-order valence-electron chi connectivity index (χ2n) is 8.04. The van der Waals surface area contributed by atoms with E-state index in [1.54, 1.807) is 33.9 Å². The Hall–Kier alpha value is -2.69. The molecule has 0 N–H and O–H groups in total. The molecule has 0 bridgehead atoms. The van der Waals surface area contributed by atoms with Crippen LogP contribution in [0.4, 0.5) is 0 Å². The van der Waals surface area contributed by atoms with Crippen molar-refractivity contribution >= 4 is 46.1 Å². The highest BCUT2D eigenvalue weighted by atomic mass is 32.2. The van der Waals surface area contributed by atoms with E-state index in [9.17, 15) is 4.79 Å². The van der Waals surface area contributed by atoms with Crippen molar-refractivity contribution in [3.63, 3.8) is 0 Å². The molecule has 1 atom stereocenters. The Bertz CT molecular complexity index is 1260. The third kappa shape index (κ3) is 4.30. The van der Waals surface area contributed by atoms with Crippen LogP contribution in [0, 0.1) is 0 Å². The van der Waals surface area contributed by atoms with Crippen LogP contribution in [0.1, 0.15) is 52.7 Å². The minimum atomic E-state index is -0.221. The first-order chi connectivity index (χ1) is 16.3. The first-order valence-electron chi connectivity index (χ1n) is 10.8. The largest absolute Gasteiger partial charge is 0.467 e. The highest BCUT2D eigenvalue weighted by molar-refractivity contribution is 7.99. The van der Waals surface area contributed by atoms with E-state index < -0.39 is 0 Å². The van der Waals surface area contributed by atoms with Gasteiger partial charge in [0.05, 0.1) is 22.6 Å². The molecule has 0 radical (unpaired) electrons. The summed E-state index contributed by atoms with van der Waals surface area (Å²) in [4.78, 5) is 15.7. The van der Waals surface area contributed by atoms with Gasteiger partial charge in [-0.25, -0.2) is 5.01 Å². The molecule has 1 amide bonds. The van der Waals surface area contributed by atoms with Crippen molar-refractivity contribution in [3.05, 3.63) is 74.8 Å². The maximum atomic E-state index is 13.3. The predicted molar refractivity (Wildman–Crippen MR) is 130 cm³/mol. The lowest BCUT2D eigenvalue weighted by atomic mass is 10.1. The van der Waals surface area contributed by atoms with Gasteiger partial charge in [0, 0.05) is 23.8 Å². The number of hydrogen-bond acceptors (Lipinski definition) is 8. The van der Waals surface area contributed by atoms with Gasteiger partial charge < -0.3 is 8.98 Å². The van der Waals surface area contributed by atoms with Crippen LogP contribution in [0.3, 0.4) is 0 Å². The topological polar surface area (TPSA) is 76.5 Å². The maximum Gasteiger partial charge on any atom is 0.253 e. The average Bonchev–Trinajstić information content (AvgIpc) is 3.45. The molecule has 168 valence electrons.